The molecular weight excluding hydrogens is 716 g/mol. The summed E-state index contributed by atoms with van der Waals surface area (Å²) in [5.41, 5.74) is 1.89. The summed E-state index contributed by atoms with van der Waals surface area (Å²) in [6.45, 7) is 6.79. The van der Waals surface area contributed by atoms with Crippen LogP contribution in [0.4, 0.5) is 4.79 Å². The minimum atomic E-state index is -1.16. The van der Waals surface area contributed by atoms with Crippen LogP contribution in [-0.2, 0) is 25.5 Å². The van der Waals surface area contributed by atoms with Gasteiger partial charge in [0.25, 0.3) is 5.91 Å². The molecule has 0 unspecified atom stereocenters. The maximum Gasteiger partial charge on any atom is 0.410 e. The minimum Gasteiger partial charge on any atom is -0.478 e. The van der Waals surface area contributed by atoms with Crippen LogP contribution >= 0.6 is 0 Å². The van der Waals surface area contributed by atoms with Crippen LogP contribution in [0, 0.1) is 5.92 Å². The number of likely N-dealkylation sites (N-methyl/N-ethyl adjacent to an activating group) is 1. The van der Waals surface area contributed by atoms with Gasteiger partial charge in [0, 0.05) is 44.0 Å². The topological polar surface area (TPSA) is 187 Å². The van der Waals surface area contributed by atoms with Crippen molar-refractivity contribution in [1.29, 1.82) is 0 Å². The van der Waals surface area contributed by atoms with E-state index in [1.807, 2.05) is 18.2 Å². The van der Waals surface area contributed by atoms with Crippen LogP contribution in [0.1, 0.15) is 123 Å². The molecule has 2 fully saturated rings. The Morgan fingerprint density at radius 3 is 2.38 bits per heavy atom. The second kappa shape index (κ2) is 18.1. The fourth-order valence-electron chi connectivity index (χ4n) is 7.99. The molecular formula is C42H56N6O8. The lowest BCUT2D eigenvalue weighted by atomic mass is 9.83. The summed E-state index contributed by atoms with van der Waals surface area (Å²) in [5, 5.41) is 18.8. The van der Waals surface area contributed by atoms with E-state index >= 15 is 0 Å². The highest BCUT2D eigenvalue weighted by molar-refractivity contribution is 6.02. The van der Waals surface area contributed by atoms with Crippen LogP contribution in [-0.4, -0.2) is 107 Å². The maximum absolute atomic E-state index is 14.9. The molecule has 0 bridgehead atoms. The molecule has 1 saturated heterocycles. The van der Waals surface area contributed by atoms with Crippen LogP contribution < -0.4 is 16.0 Å². The number of rotatable bonds is 11. The van der Waals surface area contributed by atoms with Gasteiger partial charge in [0.15, 0.2) is 0 Å². The highest BCUT2D eigenvalue weighted by Crippen LogP contribution is 2.32. The largest absolute Gasteiger partial charge is 0.478 e. The fourth-order valence-corrected chi connectivity index (χ4v) is 7.99. The second-order valence-corrected chi connectivity index (χ2v) is 16.2. The summed E-state index contributed by atoms with van der Waals surface area (Å²) in [5.74, 6) is -3.16. The average Bonchev–Trinajstić information content (AvgIpc) is 3.59. The fraction of sp³-hybridized carbons (Fsp3) is 0.548. The lowest BCUT2D eigenvalue weighted by molar-refractivity contribution is -0.143. The van der Waals surface area contributed by atoms with Gasteiger partial charge in [-0.25, -0.2) is 9.59 Å². The van der Waals surface area contributed by atoms with Crippen molar-refractivity contribution in [2.75, 3.05) is 20.6 Å². The van der Waals surface area contributed by atoms with E-state index < -0.39 is 59.6 Å². The van der Waals surface area contributed by atoms with Crippen molar-refractivity contribution in [1.82, 2.24) is 25.8 Å². The molecule has 0 aromatic heterocycles. The molecule has 14 heteroatoms. The number of aromatic carboxylic acids is 1. The number of nitrogens with zero attached hydrogens (tertiary/aromatic N) is 3. The van der Waals surface area contributed by atoms with Crippen molar-refractivity contribution < 1.29 is 38.6 Å². The summed E-state index contributed by atoms with van der Waals surface area (Å²) in [6, 6.07) is 8.42. The first-order chi connectivity index (χ1) is 26.6. The first-order valence-electron chi connectivity index (χ1n) is 19.6. The van der Waals surface area contributed by atoms with E-state index in [1.165, 1.54) is 53.9 Å². The number of fused-ring (bicyclic) bond motifs is 1. The van der Waals surface area contributed by atoms with Crippen LogP contribution in [0.3, 0.4) is 0 Å². The van der Waals surface area contributed by atoms with E-state index in [-0.39, 0.29) is 47.5 Å². The molecule has 4 N–H and O–H groups in total. The molecule has 56 heavy (non-hydrogen) atoms. The van der Waals surface area contributed by atoms with Crippen molar-refractivity contribution in [3.8, 4) is 0 Å². The van der Waals surface area contributed by atoms with E-state index in [9.17, 15) is 33.9 Å². The van der Waals surface area contributed by atoms with E-state index in [4.69, 9.17) is 4.74 Å². The average molecular weight is 773 g/mol. The molecule has 2 aromatic rings. The summed E-state index contributed by atoms with van der Waals surface area (Å²) in [7, 11) is 2.98. The maximum atomic E-state index is 14.9. The highest BCUT2D eigenvalue weighted by Gasteiger charge is 2.45. The summed E-state index contributed by atoms with van der Waals surface area (Å²) >= 11 is 0. The number of hydrogen-bond acceptors (Lipinski definition) is 8. The van der Waals surface area contributed by atoms with Gasteiger partial charge in [-0.05, 0) is 101 Å². The zero-order valence-electron chi connectivity index (χ0n) is 33.3. The SMILES string of the molecule is CN=Cc1cc(C(=O)N[C@H]2C[C@@H](C(=O)N[C@@H]3CCCc4ccccc43)N(C(=O)[C@@H](NC(=O)[C@H](C)N(C)C(=O)OC(C)(C)C)C3CCCCC3)C2)ccc1C(=O)O. The van der Waals surface area contributed by atoms with Gasteiger partial charge in [0.1, 0.15) is 23.7 Å². The third-order valence-corrected chi connectivity index (χ3v) is 11.0. The Labute approximate surface area is 328 Å². The third-order valence-electron chi connectivity index (χ3n) is 11.0. The normalized spacial score (nSPS) is 21.0. The van der Waals surface area contributed by atoms with Gasteiger partial charge in [0.05, 0.1) is 11.6 Å². The first-order valence-corrected chi connectivity index (χ1v) is 19.6. The number of hydrogen-bond donors (Lipinski definition) is 4. The molecule has 3 aliphatic rings. The van der Waals surface area contributed by atoms with Gasteiger partial charge in [-0.2, -0.15) is 0 Å². The quantitative estimate of drug-likeness (QED) is 0.238. The number of benzene rings is 2. The Morgan fingerprint density at radius 1 is 0.982 bits per heavy atom. The standard InChI is InChI=1S/C42H56N6O8/c1-25(47(6)41(55)56-42(2,3)4)36(49)46-35(27-14-8-7-9-15-27)39(52)48-24-30(44-37(50)28-19-20-32(40(53)54)29(21-28)23-43-5)22-34(48)38(51)45-33-18-12-16-26-13-10-11-17-31(26)33/h10-11,13,17,19-21,23,25,27,30,33-35H,7-9,12,14-16,18,22,24H2,1-6H3,(H,44,50)(H,45,51)(H,46,49)(H,53,54)/t25-,30-,33+,34-,35-/m0/s1. The molecule has 302 valence electrons. The lowest BCUT2D eigenvalue weighted by Crippen LogP contribution is -2.59. The van der Waals surface area contributed by atoms with Gasteiger partial charge in [-0.3, -0.25) is 29.1 Å². The van der Waals surface area contributed by atoms with Crippen molar-refractivity contribution >= 4 is 41.9 Å². The van der Waals surface area contributed by atoms with Crippen molar-refractivity contribution in [3.05, 3.63) is 70.3 Å². The van der Waals surface area contributed by atoms with Crippen LogP contribution in [0.5, 0.6) is 0 Å². The number of aliphatic imine (C=N–C) groups is 1. The number of amides is 5. The number of likely N-dealkylation sites (tertiary alicyclic amines) is 1. The molecule has 5 amide bonds. The molecule has 2 aliphatic carbocycles. The van der Waals surface area contributed by atoms with Gasteiger partial charge in [-0.1, -0.05) is 43.5 Å². The van der Waals surface area contributed by atoms with Crippen molar-refractivity contribution in [2.24, 2.45) is 10.9 Å². The van der Waals surface area contributed by atoms with Crippen molar-refractivity contribution in [3.63, 3.8) is 0 Å². The number of aryl methyl sites for hydroxylation is 1. The molecule has 2 aromatic carbocycles. The summed E-state index contributed by atoms with van der Waals surface area (Å²) in [4.78, 5) is 87.9. The number of nitrogens with one attached hydrogen (secondary N) is 3. The molecule has 1 aliphatic heterocycles. The third kappa shape index (κ3) is 10.1. The molecule has 5 rings (SSSR count). The molecule has 1 heterocycles. The number of ether oxygens (including phenoxy) is 1. The predicted octanol–water partition coefficient (Wildman–Crippen LogP) is 4.65. The van der Waals surface area contributed by atoms with Gasteiger partial charge in [0.2, 0.25) is 17.7 Å². The number of carbonyl (C=O) groups excluding carboxylic acids is 5. The van der Waals surface area contributed by atoms with E-state index in [1.54, 1.807) is 27.7 Å². The van der Waals surface area contributed by atoms with Gasteiger partial charge < -0.3 is 30.7 Å². The molecule has 14 nitrogen and oxygen atoms in total. The Hall–Kier alpha value is -5.27. The number of carboxylic acids is 1. The van der Waals surface area contributed by atoms with Gasteiger partial charge >= 0.3 is 12.1 Å². The lowest BCUT2D eigenvalue weighted by Gasteiger charge is -2.36. The van der Waals surface area contributed by atoms with Crippen molar-refractivity contribution in [2.45, 2.75) is 121 Å². The zero-order chi connectivity index (χ0) is 40.7. The summed E-state index contributed by atoms with van der Waals surface area (Å²) in [6.07, 6.45) is 7.53. The Balaban J connectivity index is 1.42. The summed E-state index contributed by atoms with van der Waals surface area (Å²) < 4.78 is 5.48. The van der Waals surface area contributed by atoms with E-state index in [2.05, 4.69) is 27.0 Å². The molecule has 5 atom stereocenters. The van der Waals surface area contributed by atoms with Crippen LogP contribution in [0.25, 0.3) is 0 Å². The number of carbonyl (C=O) groups is 6. The minimum absolute atomic E-state index is 0.00628. The van der Waals surface area contributed by atoms with E-state index in [0.717, 1.165) is 44.1 Å². The van der Waals surface area contributed by atoms with E-state index in [0.29, 0.717) is 12.8 Å². The Morgan fingerprint density at radius 2 is 1.70 bits per heavy atom. The zero-order valence-corrected chi connectivity index (χ0v) is 33.3. The van der Waals surface area contributed by atoms with Gasteiger partial charge in [-0.15, -0.1) is 0 Å². The first kappa shape index (κ1) is 41.9. The predicted molar refractivity (Wildman–Crippen MR) is 211 cm³/mol. The number of carboxylic acid groups (broad SMARTS) is 1. The second-order valence-electron chi connectivity index (χ2n) is 16.2. The highest BCUT2D eigenvalue weighted by atomic mass is 16.6. The van der Waals surface area contributed by atoms with Crippen LogP contribution in [0.2, 0.25) is 0 Å². The Kier molecular flexibility index (Phi) is 13.6. The van der Waals surface area contributed by atoms with Crippen LogP contribution in [0.15, 0.2) is 47.5 Å². The Bertz CT molecular complexity index is 1830. The molecule has 0 spiro atoms. The molecule has 1 saturated carbocycles. The smallest absolute Gasteiger partial charge is 0.410 e. The monoisotopic (exact) mass is 772 g/mol. The molecule has 0 radical (unpaired) electrons.